The lowest BCUT2D eigenvalue weighted by atomic mass is 10.0. The number of benzene rings is 2. The molecule has 2 fully saturated rings. The minimum absolute atomic E-state index is 0.00602. The van der Waals surface area contributed by atoms with Gasteiger partial charge in [-0.25, -0.2) is 13.2 Å². The molecule has 3 aliphatic heterocycles. The van der Waals surface area contributed by atoms with E-state index in [1.165, 1.54) is 16.4 Å². The van der Waals surface area contributed by atoms with Crippen LogP contribution in [0.25, 0.3) is 5.57 Å². The van der Waals surface area contributed by atoms with Gasteiger partial charge in [-0.3, -0.25) is 4.79 Å². The molecular formula is C33H44N4O8S. The highest BCUT2D eigenvalue weighted by Gasteiger charge is 2.44. The number of aliphatic hydroxyl groups is 1. The zero-order valence-corrected chi connectivity index (χ0v) is 27.3. The van der Waals surface area contributed by atoms with Gasteiger partial charge in [-0.05, 0) is 49.1 Å². The molecule has 4 N–H and O–H groups in total. The first-order valence-corrected chi connectivity index (χ1v) is 17.3. The van der Waals surface area contributed by atoms with Crippen LogP contribution in [0, 0.1) is 11.8 Å². The summed E-state index contributed by atoms with van der Waals surface area (Å²) in [5, 5.41) is 20.3. The normalized spacial score (nSPS) is 23.0. The number of amides is 2. The summed E-state index contributed by atoms with van der Waals surface area (Å²) >= 11 is 0. The molecule has 13 heteroatoms. The van der Waals surface area contributed by atoms with Gasteiger partial charge in [0.05, 0.1) is 36.2 Å². The van der Waals surface area contributed by atoms with Gasteiger partial charge >= 0.3 is 6.09 Å². The van der Waals surface area contributed by atoms with Crippen LogP contribution in [-0.4, -0.2) is 93.8 Å². The zero-order chi connectivity index (χ0) is 32.8. The molecule has 5 rings (SSSR count). The van der Waals surface area contributed by atoms with Crippen molar-refractivity contribution in [2.24, 2.45) is 11.8 Å². The number of carbonyl (C=O) groups is 2. The second-order valence-electron chi connectivity index (χ2n) is 12.3. The molecule has 0 radical (unpaired) electrons. The Morgan fingerprint density at radius 2 is 1.96 bits per heavy atom. The first-order chi connectivity index (χ1) is 22.1. The minimum Gasteiger partial charge on any atom is -0.443 e. The lowest BCUT2D eigenvalue weighted by molar-refractivity contribution is -0.110. The van der Waals surface area contributed by atoms with Gasteiger partial charge in [0, 0.05) is 36.5 Å². The molecule has 0 spiro atoms. The Hall–Kier alpha value is -3.33. The molecule has 3 heterocycles. The monoisotopic (exact) mass is 656 g/mol. The molecule has 2 aromatic rings. The second kappa shape index (κ2) is 15.1. The molecule has 0 aromatic heterocycles. The molecule has 2 saturated heterocycles. The maximum absolute atomic E-state index is 14.1. The standard InChI is InChI=1S/C33H44N4O8S/c1-4-34-14-12-24-26-17-23(10-11-27(26)35-31(24)39)46(41,42)37(18-21(2)3)19-29(38)28(16-22-8-6-5-7-9-22)36-33(40)45-30-20-44-32-25(30)13-15-43-32/h5-12,17,21,25,28-30,32,34,38H,4,13-16,18-20H2,1-3H3,(H,35,39)(H,36,40). The lowest BCUT2D eigenvalue weighted by Crippen LogP contribution is -2.51. The molecule has 12 nitrogen and oxygen atoms in total. The number of hydrogen-bond donors (Lipinski definition) is 4. The van der Waals surface area contributed by atoms with Gasteiger partial charge in [0.15, 0.2) is 6.29 Å². The summed E-state index contributed by atoms with van der Waals surface area (Å²) in [6.07, 6.45) is -0.142. The van der Waals surface area contributed by atoms with Crippen LogP contribution in [0.4, 0.5) is 10.5 Å². The Bertz CT molecular complexity index is 1520. The number of carbonyl (C=O) groups excluding carboxylic acids is 2. The van der Waals surface area contributed by atoms with Crippen molar-refractivity contribution in [3.05, 3.63) is 65.7 Å². The van der Waals surface area contributed by atoms with E-state index in [9.17, 15) is 23.1 Å². The quantitative estimate of drug-likeness (QED) is 0.178. The molecule has 5 unspecified atom stereocenters. The average Bonchev–Trinajstić information content (AvgIpc) is 3.72. The molecule has 46 heavy (non-hydrogen) atoms. The molecule has 0 bridgehead atoms. The van der Waals surface area contributed by atoms with Crippen LogP contribution in [0.3, 0.4) is 0 Å². The second-order valence-corrected chi connectivity index (χ2v) is 14.2. The van der Waals surface area contributed by atoms with Crippen LogP contribution in [0.5, 0.6) is 0 Å². The fraction of sp³-hybridized carbons (Fsp3) is 0.515. The van der Waals surface area contributed by atoms with Gasteiger partial charge in [-0.15, -0.1) is 0 Å². The van der Waals surface area contributed by atoms with Crippen molar-refractivity contribution in [3.63, 3.8) is 0 Å². The summed E-state index contributed by atoms with van der Waals surface area (Å²) in [6.45, 7) is 7.54. The van der Waals surface area contributed by atoms with Crippen LogP contribution < -0.4 is 16.0 Å². The predicted octanol–water partition coefficient (Wildman–Crippen LogP) is 2.74. The Kier molecular flexibility index (Phi) is 11.1. The van der Waals surface area contributed by atoms with Gasteiger partial charge in [0.25, 0.3) is 5.91 Å². The minimum atomic E-state index is -4.13. The molecular weight excluding hydrogens is 612 g/mol. The molecule has 0 aliphatic carbocycles. The van der Waals surface area contributed by atoms with Gasteiger partial charge < -0.3 is 35.3 Å². The van der Waals surface area contributed by atoms with Crippen molar-refractivity contribution in [1.29, 1.82) is 0 Å². The summed E-state index contributed by atoms with van der Waals surface area (Å²) in [5.41, 5.74) is 2.30. The van der Waals surface area contributed by atoms with E-state index in [4.69, 9.17) is 14.2 Å². The number of nitrogens with zero attached hydrogens (tertiary/aromatic N) is 1. The van der Waals surface area contributed by atoms with Crippen LogP contribution >= 0.6 is 0 Å². The van der Waals surface area contributed by atoms with Crippen molar-refractivity contribution in [1.82, 2.24) is 14.9 Å². The SMILES string of the molecule is CCNCC=C1C(=O)Nc2ccc(S(=O)(=O)N(CC(C)C)CC(O)C(Cc3ccccc3)NC(=O)OC3COC4OCCC34)cc21. The topological polar surface area (TPSA) is 156 Å². The van der Waals surface area contributed by atoms with E-state index in [0.29, 0.717) is 30.0 Å². The first-order valence-electron chi connectivity index (χ1n) is 15.9. The maximum Gasteiger partial charge on any atom is 0.407 e. The first kappa shape index (κ1) is 34.0. The van der Waals surface area contributed by atoms with Crippen molar-refractivity contribution in [3.8, 4) is 0 Å². The number of fused-ring (bicyclic) bond motifs is 2. The Morgan fingerprint density at radius 3 is 2.70 bits per heavy atom. The lowest BCUT2D eigenvalue weighted by Gasteiger charge is -2.31. The van der Waals surface area contributed by atoms with E-state index >= 15 is 0 Å². The molecule has 0 saturated carbocycles. The summed E-state index contributed by atoms with van der Waals surface area (Å²) in [4.78, 5) is 25.8. The van der Waals surface area contributed by atoms with E-state index in [1.54, 1.807) is 12.1 Å². The zero-order valence-electron chi connectivity index (χ0n) is 26.5. The number of alkyl carbamates (subject to hydrolysis) is 1. The third-order valence-electron chi connectivity index (χ3n) is 8.38. The number of likely N-dealkylation sites (N-methyl/N-ethyl adjacent to an activating group) is 1. The van der Waals surface area contributed by atoms with E-state index in [0.717, 1.165) is 18.5 Å². The summed E-state index contributed by atoms with van der Waals surface area (Å²) in [5.74, 6) is -0.408. The molecule has 250 valence electrons. The number of ether oxygens (including phenoxy) is 3. The van der Waals surface area contributed by atoms with Crippen LogP contribution in [0.1, 0.15) is 38.3 Å². The van der Waals surface area contributed by atoms with Gasteiger partial charge in [0.1, 0.15) is 6.10 Å². The average molecular weight is 657 g/mol. The number of sulfonamides is 1. The third kappa shape index (κ3) is 7.96. The van der Waals surface area contributed by atoms with E-state index in [-0.39, 0.29) is 55.0 Å². The van der Waals surface area contributed by atoms with Crippen LogP contribution in [0.15, 0.2) is 59.5 Å². The molecule has 2 amide bonds. The fourth-order valence-electron chi connectivity index (χ4n) is 6.03. The summed E-state index contributed by atoms with van der Waals surface area (Å²) in [7, 11) is -4.13. The van der Waals surface area contributed by atoms with E-state index in [2.05, 4.69) is 16.0 Å². The van der Waals surface area contributed by atoms with Crippen molar-refractivity contribution in [2.75, 3.05) is 44.7 Å². The number of anilines is 1. The van der Waals surface area contributed by atoms with Crippen molar-refractivity contribution in [2.45, 2.75) is 63.0 Å². The number of rotatable bonds is 14. The number of hydrogen-bond acceptors (Lipinski definition) is 9. The molecule has 2 aromatic carbocycles. The van der Waals surface area contributed by atoms with Gasteiger partial charge in [-0.1, -0.05) is 57.2 Å². The predicted molar refractivity (Wildman–Crippen MR) is 172 cm³/mol. The van der Waals surface area contributed by atoms with Gasteiger partial charge in [0.2, 0.25) is 10.0 Å². The highest BCUT2D eigenvalue weighted by Crippen LogP contribution is 2.35. The fourth-order valence-corrected chi connectivity index (χ4v) is 7.68. The smallest absolute Gasteiger partial charge is 0.407 e. The Balaban J connectivity index is 1.36. The van der Waals surface area contributed by atoms with Crippen molar-refractivity contribution < 1.29 is 37.3 Å². The third-order valence-corrected chi connectivity index (χ3v) is 10.2. The van der Waals surface area contributed by atoms with Crippen LogP contribution in [-0.2, 0) is 35.4 Å². The summed E-state index contributed by atoms with van der Waals surface area (Å²) in [6, 6.07) is 13.0. The van der Waals surface area contributed by atoms with E-state index in [1.807, 2.05) is 51.1 Å². The maximum atomic E-state index is 14.1. The Labute approximate surface area is 270 Å². The van der Waals surface area contributed by atoms with Gasteiger partial charge in [-0.2, -0.15) is 4.31 Å². The highest BCUT2D eigenvalue weighted by atomic mass is 32.2. The van der Waals surface area contributed by atoms with Crippen molar-refractivity contribution >= 4 is 33.3 Å². The molecule has 3 aliphatic rings. The summed E-state index contributed by atoms with van der Waals surface area (Å²) < 4.78 is 46.3. The molecule has 5 atom stereocenters. The number of aliphatic hydroxyl groups excluding tert-OH is 1. The highest BCUT2D eigenvalue weighted by molar-refractivity contribution is 7.89. The largest absolute Gasteiger partial charge is 0.443 e. The number of nitrogens with one attached hydrogen (secondary N) is 3. The van der Waals surface area contributed by atoms with Crippen LogP contribution in [0.2, 0.25) is 0 Å². The Morgan fingerprint density at radius 1 is 1.17 bits per heavy atom. The van der Waals surface area contributed by atoms with E-state index < -0.39 is 34.4 Å².